The Kier molecular flexibility index (Phi) is 6.86. The first kappa shape index (κ1) is 23.8. The number of amides is 2. The summed E-state index contributed by atoms with van der Waals surface area (Å²) in [5, 5.41) is 8.08. The van der Waals surface area contributed by atoms with Crippen LogP contribution in [0.1, 0.15) is 28.8 Å². The first-order chi connectivity index (χ1) is 17.5. The Morgan fingerprint density at radius 2 is 1.78 bits per heavy atom. The van der Waals surface area contributed by atoms with Gasteiger partial charge in [0, 0.05) is 37.1 Å². The highest BCUT2D eigenvalue weighted by Gasteiger charge is 2.31. The van der Waals surface area contributed by atoms with Crippen LogP contribution in [0.15, 0.2) is 79.3 Å². The maximum Gasteiger partial charge on any atom is 0.259 e. The fraction of sp³-hybridized carbons (Fsp3) is 0.222. The zero-order chi connectivity index (χ0) is 25.1. The van der Waals surface area contributed by atoms with Crippen LogP contribution in [-0.4, -0.2) is 44.2 Å². The number of benzene rings is 2. The number of likely N-dealkylation sites (tertiary alicyclic amines) is 1. The molecular weight excluding hydrogens is 481 g/mol. The summed E-state index contributed by atoms with van der Waals surface area (Å²) in [5.41, 5.74) is 2.01. The van der Waals surface area contributed by atoms with E-state index >= 15 is 0 Å². The third kappa shape index (κ3) is 5.04. The lowest BCUT2D eigenvalue weighted by Gasteiger charge is -2.32. The molecule has 0 bridgehead atoms. The Morgan fingerprint density at radius 1 is 1.06 bits per heavy atom. The van der Waals surface area contributed by atoms with Crippen molar-refractivity contribution in [2.75, 3.05) is 13.1 Å². The van der Waals surface area contributed by atoms with Gasteiger partial charge in [-0.1, -0.05) is 23.7 Å². The molecule has 2 aromatic heterocycles. The molecule has 1 fully saturated rings. The Balaban J connectivity index is 1.34. The number of hydrogen-bond donors (Lipinski definition) is 1. The molecule has 0 aliphatic carbocycles. The van der Waals surface area contributed by atoms with Gasteiger partial charge < -0.3 is 14.8 Å². The molecule has 2 aromatic carbocycles. The van der Waals surface area contributed by atoms with Crippen LogP contribution in [-0.2, 0) is 11.3 Å². The predicted octanol–water partition coefficient (Wildman–Crippen LogP) is 4.62. The summed E-state index contributed by atoms with van der Waals surface area (Å²) in [6.07, 6.45) is 6.64. The van der Waals surface area contributed by atoms with Crippen molar-refractivity contribution in [3.8, 4) is 11.5 Å². The van der Waals surface area contributed by atoms with E-state index in [4.69, 9.17) is 11.6 Å². The maximum atomic E-state index is 13.6. The van der Waals surface area contributed by atoms with Crippen LogP contribution in [0.2, 0.25) is 5.02 Å². The molecule has 5 rings (SSSR count). The normalized spacial score (nSPS) is 15.6. The Labute approximate surface area is 213 Å². The number of piperidine rings is 1. The molecule has 1 atom stereocenters. The van der Waals surface area contributed by atoms with Crippen LogP contribution >= 0.6 is 11.6 Å². The SMILES string of the molecule is O=C(NCc1ccc(Cl)cc1)[C@@H]1CCCN(C(=O)c2cnn(-c3ccc(F)cc3)c2-n2cccc2)C1. The molecule has 1 N–H and O–H groups in total. The summed E-state index contributed by atoms with van der Waals surface area (Å²) in [6, 6.07) is 17.0. The van der Waals surface area contributed by atoms with Gasteiger partial charge in [0.25, 0.3) is 5.91 Å². The number of nitrogens with one attached hydrogen (secondary N) is 1. The van der Waals surface area contributed by atoms with Crippen molar-refractivity contribution in [2.45, 2.75) is 19.4 Å². The average Bonchev–Trinajstić information content (AvgIpc) is 3.58. The zero-order valence-electron chi connectivity index (χ0n) is 19.5. The van der Waals surface area contributed by atoms with Gasteiger partial charge >= 0.3 is 0 Å². The molecule has 36 heavy (non-hydrogen) atoms. The summed E-state index contributed by atoms with van der Waals surface area (Å²) in [7, 11) is 0. The number of carbonyl (C=O) groups is 2. The van der Waals surface area contributed by atoms with Crippen molar-refractivity contribution in [1.82, 2.24) is 24.6 Å². The van der Waals surface area contributed by atoms with Crippen molar-refractivity contribution in [3.05, 3.63) is 101 Å². The van der Waals surface area contributed by atoms with Crippen LogP contribution in [0.5, 0.6) is 0 Å². The molecule has 2 amide bonds. The molecule has 184 valence electrons. The van der Waals surface area contributed by atoms with E-state index in [1.54, 1.807) is 33.8 Å². The first-order valence-corrected chi connectivity index (χ1v) is 12.2. The van der Waals surface area contributed by atoms with E-state index < -0.39 is 0 Å². The molecule has 0 radical (unpaired) electrons. The zero-order valence-corrected chi connectivity index (χ0v) is 20.2. The molecule has 0 unspecified atom stereocenters. The van der Waals surface area contributed by atoms with Crippen LogP contribution in [0.25, 0.3) is 11.5 Å². The number of aromatic nitrogens is 3. The van der Waals surface area contributed by atoms with Gasteiger partial charge in [0.15, 0.2) is 5.82 Å². The number of rotatable bonds is 6. The quantitative estimate of drug-likeness (QED) is 0.415. The van der Waals surface area contributed by atoms with Crippen molar-refractivity contribution >= 4 is 23.4 Å². The van der Waals surface area contributed by atoms with Gasteiger partial charge in [-0.2, -0.15) is 5.10 Å². The number of halogens is 2. The van der Waals surface area contributed by atoms with E-state index in [1.807, 2.05) is 41.2 Å². The average molecular weight is 506 g/mol. The largest absolute Gasteiger partial charge is 0.352 e. The highest BCUT2D eigenvalue weighted by Crippen LogP contribution is 2.25. The number of carbonyl (C=O) groups excluding carboxylic acids is 2. The van der Waals surface area contributed by atoms with E-state index in [1.165, 1.54) is 18.3 Å². The second kappa shape index (κ2) is 10.4. The maximum absolute atomic E-state index is 13.6. The van der Waals surface area contributed by atoms with E-state index in [0.29, 0.717) is 41.7 Å². The lowest BCUT2D eigenvalue weighted by Crippen LogP contribution is -2.45. The Hall–Kier alpha value is -3.91. The highest BCUT2D eigenvalue weighted by atomic mass is 35.5. The van der Waals surface area contributed by atoms with Gasteiger partial charge in [0.1, 0.15) is 11.4 Å². The lowest BCUT2D eigenvalue weighted by atomic mass is 9.96. The van der Waals surface area contributed by atoms with Crippen LogP contribution in [0.3, 0.4) is 0 Å². The van der Waals surface area contributed by atoms with Gasteiger partial charge in [-0.3, -0.25) is 9.59 Å². The van der Waals surface area contributed by atoms with Crippen LogP contribution in [0, 0.1) is 11.7 Å². The molecule has 1 saturated heterocycles. The summed E-state index contributed by atoms with van der Waals surface area (Å²) >= 11 is 5.93. The molecule has 1 aliphatic heterocycles. The van der Waals surface area contributed by atoms with Crippen molar-refractivity contribution in [2.24, 2.45) is 5.92 Å². The lowest BCUT2D eigenvalue weighted by molar-refractivity contribution is -0.126. The van der Waals surface area contributed by atoms with Crippen molar-refractivity contribution in [1.29, 1.82) is 0 Å². The molecule has 7 nitrogen and oxygen atoms in total. The van der Waals surface area contributed by atoms with E-state index in [0.717, 1.165) is 18.4 Å². The summed E-state index contributed by atoms with van der Waals surface area (Å²) < 4.78 is 16.9. The number of hydrogen-bond acceptors (Lipinski definition) is 3. The second-order valence-electron chi connectivity index (χ2n) is 8.79. The fourth-order valence-corrected chi connectivity index (χ4v) is 4.60. The number of nitrogens with zero attached hydrogens (tertiary/aromatic N) is 4. The predicted molar refractivity (Wildman–Crippen MR) is 135 cm³/mol. The van der Waals surface area contributed by atoms with E-state index in [9.17, 15) is 14.0 Å². The third-order valence-corrected chi connectivity index (χ3v) is 6.61. The molecule has 1 aliphatic rings. The molecule has 0 saturated carbocycles. The summed E-state index contributed by atoms with van der Waals surface area (Å²) in [6.45, 7) is 1.30. The Morgan fingerprint density at radius 3 is 2.50 bits per heavy atom. The third-order valence-electron chi connectivity index (χ3n) is 6.35. The first-order valence-electron chi connectivity index (χ1n) is 11.8. The molecule has 9 heteroatoms. The fourth-order valence-electron chi connectivity index (χ4n) is 4.47. The van der Waals surface area contributed by atoms with E-state index in [2.05, 4.69) is 10.4 Å². The smallest absolute Gasteiger partial charge is 0.259 e. The van der Waals surface area contributed by atoms with Crippen LogP contribution < -0.4 is 5.32 Å². The standard InChI is InChI=1S/C27H25ClFN5O2/c28-21-7-5-19(6-8-21)16-30-25(35)20-4-3-15-33(18-20)27(36)24-17-31-34(23-11-9-22(29)10-12-23)26(24)32-13-1-2-14-32/h1-2,5-14,17,20H,3-4,15-16,18H2,(H,30,35)/t20-/m1/s1. The summed E-state index contributed by atoms with van der Waals surface area (Å²) in [5.74, 6) is -0.348. The molecule has 3 heterocycles. The molecule has 4 aromatic rings. The van der Waals surface area contributed by atoms with Crippen molar-refractivity contribution < 1.29 is 14.0 Å². The molecule has 0 spiro atoms. The second-order valence-corrected chi connectivity index (χ2v) is 9.23. The van der Waals surface area contributed by atoms with Gasteiger partial charge in [0.2, 0.25) is 5.91 Å². The van der Waals surface area contributed by atoms with Gasteiger partial charge in [-0.15, -0.1) is 0 Å². The van der Waals surface area contributed by atoms with Gasteiger partial charge in [0.05, 0.1) is 17.8 Å². The van der Waals surface area contributed by atoms with E-state index in [-0.39, 0.29) is 23.5 Å². The minimum absolute atomic E-state index is 0.0740. The Bertz CT molecular complexity index is 1350. The van der Waals surface area contributed by atoms with Gasteiger partial charge in [-0.25, -0.2) is 9.07 Å². The summed E-state index contributed by atoms with van der Waals surface area (Å²) in [4.78, 5) is 28.3. The monoisotopic (exact) mass is 505 g/mol. The molecular formula is C27H25ClFN5O2. The van der Waals surface area contributed by atoms with Crippen LogP contribution in [0.4, 0.5) is 4.39 Å². The minimum Gasteiger partial charge on any atom is -0.352 e. The minimum atomic E-state index is -0.349. The van der Waals surface area contributed by atoms with Crippen molar-refractivity contribution in [3.63, 3.8) is 0 Å². The topological polar surface area (TPSA) is 72.2 Å². The highest BCUT2D eigenvalue weighted by molar-refractivity contribution is 6.30. The van der Waals surface area contributed by atoms with Gasteiger partial charge in [-0.05, 0) is 66.9 Å².